The Morgan fingerprint density at radius 3 is 2.57 bits per heavy atom. The van der Waals surface area contributed by atoms with E-state index in [0.29, 0.717) is 27.2 Å². The molecular formula is C22H22Cl2FN3OS. The van der Waals surface area contributed by atoms with E-state index < -0.39 is 0 Å². The van der Waals surface area contributed by atoms with Crippen molar-refractivity contribution in [2.45, 2.75) is 0 Å². The number of rotatable bonds is 3. The van der Waals surface area contributed by atoms with Gasteiger partial charge >= 0.3 is 0 Å². The van der Waals surface area contributed by atoms with Crippen LogP contribution in [0.5, 0.6) is 0 Å². The van der Waals surface area contributed by atoms with Crippen LogP contribution in [0.15, 0.2) is 41.3 Å². The minimum Gasteiger partial charge on any atom is -0.368 e. The van der Waals surface area contributed by atoms with Gasteiger partial charge in [-0.15, -0.1) is 11.8 Å². The average molecular weight is 466 g/mol. The number of carbonyl (C=O) groups excluding carboxylic acids is 1. The Morgan fingerprint density at radius 2 is 1.80 bits per heavy atom. The van der Waals surface area contributed by atoms with Gasteiger partial charge in [0.05, 0.1) is 20.6 Å². The third kappa shape index (κ3) is 4.47. The lowest BCUT2D eigenvalue weighted by Crippen LogP contribution is -2.44. The molecule has 1 amide bonds. The highest BCUT2D eigenvalue weighted by molar-refractivity contribution is 8.04. The quantitative estimate of drug-likeness (QED) is 0.595. The zero-order valence-electron chi connectivity index (χ0n) is 16.6. The molecule has 0 atom stereocenters. The first-order valence-electron chi connectivity index (χ1n) is 9.77. The molecule has 0 spiro atoms. The van der Waals surface area contributed by atoms with Crippen LogP contribution >= 0.6 is 35.0 Å². The summed E-state index contributed by atoms with van der Waals surface area (Å²) in [5, 5.41) is 0.774. The largest absolute Gasteiger partial charge is 0.368 e. The predicted octanol–water partition coefficient (Wildman–Crippen LogP) is 5.01. The Labute approximate surface area is 190 Å². The number of likely N-dealkylation sites (N-methyl/N-ethyl adjacent to an activating group) is 1. The Kier molecular flexibility index (Phi) is 6.58. The second-order valence-corrected chi connectivity index (χ2v) is 9.30. The van der Waals surface area contributed by atoms with E-state index in [1.807, 2.05) is 0 Å². The molecule has 4 rings (SSSR count). The summed E-state index contributed by atoms with van der Waals surface area (Å²) >= 11 is 14.0. The van der Waals surface area contributed by atoms with Crippen LogP contribution in [0.25, 0.3) is 6.08 Å². The average Bonchev–Trinajstić information content (AvgIpc) is 2.73. The number of thioether (sulfide) groups is 1. The highest BCUT2D eigenvalue weighted by Crippen LogP contribution is 2.37. The van der Waals surface area contributed by atoms with Crippen molar-refractivity contribution < 1.29 is 9.18 Å². The molecule has 2 aliphatic rings. The standard InChI is InChI=1S/C22H22Cl2FN3OS/c1-26-7-9-27(10-8-26)18-6-5-16(25)13-15(18)14-20-22(29)28(11-12-30-20)19-4-2-3-17(23)21(19)24/h2-6,13-14H,7-12H2,1H3. The van der Waals surface area contributed by atoms with Gasteiger partial charge in [0.1, 0.15) is 5.82 Å². The molecule has 158 valence electrons. The molecule has 2 aliphatic heterocycles. The molecule has 0 unspecified atom stereocenters. The monoisotopic (exact) mass is 465 g/mol. The summed E-state index contributed by atoms with van der Waals surface area (Å²) < 4.78 is 14.1. The van der Waals surface area contributed by atoms with Crippen molar-refractivity contribution in [1.29, 1.82) is 0 Å². The van der Waals surface area contributed by atoms with Crippen LogP contribution in [0.3, 0.4) is 0 Å². The van der Waals surface area contributed by atoms with Gasteiger partial charge in [0.15, 0.2) is 0 Å². The van der Waals surface area contributed by atoms with Gasteiger partial charge in [0.25, 0.3) is 5.91 Å². The molecule has 0 N–H and O–H groups in total. The van der Waals surface area contributed by atoms with E-state index in [-0.39, 0.29) is 11.7 Å². The Hall–Kier alpha value is -1.73. The lowest BCUT2D eigenvalue weighted by Gasteiger charge is -2.35. The number of piperazine rings is 1. The zero-order valence-corrected chi connectivity index (χ0v) is 18.9. The van der Waals surface area contributed by atoms with Crippen LogP contribution in [-0.4, -0.2) is 56.3 Å². The maximum Gasteiger partial charge on any atom is 0.264 e. The lowest BCUT2D eigenvalue weighted by atomic mass is 10.1. The molecule has 0 bridgehead atoms. The van der Waals surface area contributed by atoms with E-state index in [1.165, 1.54) is 23.9 Å². The summed E-state index contributed by atoms with van der Waals surface area (Å²) in [7, 11) is 2.10. The second kappa shape index (κ2) is 9.18. The van der Waals surface area contributed by atoms with E-state index in [0.717, 1.165) is 43.2 Å². The molecule has 4 nitrogen and oxygen atoms in total. The van der Waals surface area contributed by atoms with E-state index >= 15 is 0 Å². The summed E-state index contributed by atoms with van der Waals surface area (Å²) in [5.74, 6) is 0.256. The first-order chi connectivity index (χ1) is 14.4. The summed E-state index contributed by atoms with van der Waals surface area (Å²) in [6.45, 7) is 4.16. The number of hydrogen-bond donors (Lipinski definition) is 0. The van der Waals surface area contributed by atoms with Gasteiger partial charge in [-0.05, 0) is 43.5 Å². The van der Waals surface area contributed by atoms with Gasteiger partial charge in [-0.3, -0.25) is 4.79 Å². The lowest BCUT2D eigenvalue weighted by molar-refractivity contribution is -0.114. The van der Waals surface area contributed by atoms with Crippen molar-refractivity contribution in [1.82, 2.24) is 4.90 Å². The number of halogens is 3. The van der Waals surface area contributed by atoms with Crippen molar-refractivity contribution in [3.8, 4) is 0 Å². The van der Waals surface area contributed by atoms with E-state index in [2.05, 4.69) is 16.8 Å². The second-order valence-electron chi connectivity index (χ2n) is 7.38. The zero-order chi connectivity index (χ0) is 21.3. The summed E-state index contributed by atoms with van der Waals surface area (Å²) in [4.78, 5) is 20.0. The number of benzene rings is 2. The maximum atomic E-state index is 14.1. The van der Waals surface area contributed by atoms with E-state index in [9.17, 15) is 9.18 Å². The number of nitrogens with zero attached hydrogens (tertiary/aromatic N) is 3. The molecule has 2 fully saturated rings. The molecule has 2 saturated heterocycles. The molecule has 0 aliphatic carbocycles. The van der Waals surface area contributed by atoms with Crippen LogP contribution in [0.4, 0.5) is 15.8 Å². The molecule has 2 aromatic rings. The molecular weight excluding hydrogens is 444 g/mol. The van der Waals surface area contributed by atoms with Gasteiger partial charge in [0.2, 0.25) is 0 Å². The van der Waals surface area contributed by atoms with Crippen molar-refractivity contribution in [3.63, 3.8) is 0 Å². The Morgan fingerprint density at radius 1 is 1.03 bits per heavy atom. The fourth-order valence-corrected chi connectivity index (χ4v) is 5.03. The third-order valence-corrected chi connectivity index (χ3v) is 7.17. The summed E-state index contributed by atoms with van der Waals surface area (Å²) in [6, 6.07) is 10.0. The maximum absolute atomic E-state index is 14.1. The molecule has 2 aromatic carbocycles. The van der Waals surface area contributed by atoms with Crippen LogP contribution in [0, 0.1) is 5.82 Å². The van der Waals surface area contributed by atoms with Crippen molar-refractivity contribution in [3.05, 3.63) is 62.7 Å². The van der Waals surface area contributed by atoms with Gasteiger partial charge < -0.3 is 14.7 Å². The Bertz CT molecular complexity index is 992. The minimum atomic E-state index is -0.317. The summed E-state index contributed by atoms with van der Waals surface area (Å²) in [6.07, 6.45) is 1.80. The highest BCUT2D eigenvalue weighted by atomic mass is 35.5. The van der Waals surface area contributed by atoms with Gasteiger partial charge in [-0.1, -0.05) is 29.3 Å². The molecule has 8 heteroatoms. The molecule has 2 heterocycles. The molecule has 0 saturated carbocycles. The first-order valence-corrected chi connectivity index (χ1v) is 11.5. The van der Waals surface area contributed by atoms with Gasteiger partial charge in [-0.25, -0.2) is 4.39 Å². The molecule has 30 heavy (non-hydrogen) atoms. The summed E-state index contributed by atoms with van der Waals surface area (Å²) in [5.41, 5.74) is 2.26. The third-order valence-electron chi connectivity index (χ3n) is 5.37. The van der Waals surface area contributed by atoms with Crippen molar-refractivity contribution in [2.24, 2.45) is 0 Å². The van der Waals surface area contributed by atoms with Crippen molar-refractivity contribution >= 4 is 58.3 Å². The number of hydrogen-bond acceptors (Lipinski definition) is 4. The minimum absolute atomic E-state index is 0.149. The normalized spacial score (nSPS) is 19.6. The van der Waals surface area contributed by atoms with E-state index in [1.54, 1.807) is 35.2 Å². The smallest absolute Gasteiger partial charge is 0.264 e. The first kappa shape index (κ1) is 21.5. The topological polar surface area (TPSA) is 26.8 Å². The SMILES string of the molecule is CN1CCN(c2ccc(F)cc2C=C2SCCN(c3cccc(Cl)c3Cl)C2=O)CC1. The molecule has 0 radical (unpaired) electrons. The van der Waals surface area contributed by atoms with Crippen molar-refractivity contribution in [2.75, 3.05) is 55.3 Å². The van der Waals surface area contributed by atoms with Gasteiger partial charge in [0, 0.05) is 49.7 Å². The Balaban J connectivity index is 1.66. The predicted molar refractivity (Wildman–Crippen MR) is 125 cm³/mol. The fraction of sp³-hybridized carbons (Fsp3) is 0.318. The fourth-order valence-electron chi connectivity index (χ4n) is 3.69. The number of anilines is 2. The highest BCUT2D eigenvalue weighted by Gasteiger charge is 2.28. The van der Waals surface area contributed by atoms with Crippen LogP contribution in [-0.2, 0) is 4.79 Å². The number of carbonyl (C=O) groups is 1. The van der Waals surface area contributed by atoms with Gasteiger partial charge in [-0.2, -0.15) is 0 Å². The molecule has 0 aromatic heterocycles. The van der Waals surface area contributed by atoms with Crippen LogP contribution in [0.2, 0.25) is 10.0 Å². The van der Waals surface area contributed by atoms with E-state index in [4.69, 9.17) is 23.2 Å². The van der Waals surface area contributed by atoms with Crippen LogP contribution < -0.4 is 9.80 Å². The van der Waals surface area contributed by atoms with Crippen LogP contribution in [0.1, 0.15) is 5.56 Å². The number of amides is 1.